The number of aryl methyl sites for hydroxylation is 1. The van der Waals surface area contributed by atoms with Gasteiger partial charge in [-0.15, -0.1) is 0 Å². The first-order chi connectivity index (χ1) is 10.0. The van der Waals surface area contributed by atoms with E-state index >= 15 is 0 Å². The number of piperazine rings is 1. The fraction of sp³-hybridized carbons (Fsp3) is 0.769. The van der Waals surface area contributed by atoms with Crippen molar-refractivity contribution in [2.75, 3.05) is 32.7 Å². The predicted molar refractivity (Wildman–Crippen MR) is 79.1 cm³/mol. The molecule has 1 aliphatic carbocycles. The maximum Gasteiger partial charge on any atom is 0.246 e. The summed E-state index contributed by atoms with van der Waals surface area (Å²) in [6, 6.07) is 0. The number of sulfonamides is 1. The molecule has 7 nitrogen and oxygen atoms in total. The lowest BCUT2D eigenvalue weighted by Gasteiger charge is -2.34. The Balaban J connectivity index is 1.72. The standard InChI is InChI=1S/C13H23N5O2S/c1-10-13(12(8-14)16-15-10)21(19,20)18-6-4-17(5-7-18)9-11-2-3-11/h11H,2-9,14H2,1H3,(H,15,16). The topological polar surface area (TPSA) is 95.3 Å². The summed E-state index contributed by atoms with van der Waals surface area (Å²) in [5.41, 5.74) is 6.59. The van der Waals surface area contributed by atoms with Gasteiger partial charge in [0.25, 0.3) is 0 Å². The van der Waals surface area contributed by atoms with Crippen LogP contribution in [0.1, 0.15) is 24.2 Å². The van der Waals surface area contributed by atoms with Crippen LogP contribution in [0.3, 0.4) is 0 Å². The Kier molecular flexibility index (Phi) is 4.04. The summed E-state index contributed by atoms with van der Waals surface area (Å²) in [6.07, 6.45) is 2.65. The Morgan fingerprint density at radius 3 is 2.52 bits per heavy atom. The first-order valence-electron chi connectivity index (χ1n) is 7.48. The third-order valence-electron chi connectivity index (χ3n) is 4.30. The van der Waals surface area contributed by atoms with Crippen molar-refractivity contribution in [2.45, 2.75) is 31.2 Å². The molecule has 0 spiro atoms. The molecular weight excluding hydrogens is 290 g/mol. The summed E-state index contributed by atoms with van der Waals surface area (Å²) >= 11 is 0. The summed E-state index contributed by atoms with van der Waals surface area (Å²) < 4.78 is 27.1. The quantitative estimate of drug-likeness (QED) is 0.791. The van der Waals surface area contributed by atoms with Crippen LogP contribution in [0.25, 0.3) is 0 Å². The van der Waals surface area contributed by atoms with Gasteiger partial charge < -0.3 is 10.6 Å². The molecule has 1 saturated heterocycles. The number of rotatable bonds is 5. The number of hydrogen-bond acceptors (Lipinski definition) is 5. The second-order valence-corrected chi connectivity index (χ2v) is 7.85. The van der Waals surface area contributed by atoms with Crippen molar-refractivity contribution in [3.8, 4) is 0 Å². The van der Waals surface area contributed by atoms with E-state index in [4.69, 9.17) is 5.73 Å². The van der Waals surface area contributed by atoms with E-state index < -0.39 is 10.0 Å². The summed E-state index contributed by atoms with van der Waals surface area (Å²) in [7, 11) is -3.50. The van der Waals surface area contributed by atoms with E-state index in [0.717, 1.165) is 25.6 Å². The van der Waals surface area contributed by atoms with Crippen LogP contribution < -0.4 is 5.73 Å². The number of hydrogen-bond donors (Lipinski definition) is 2. The molecule has 2 aliphatic rings. The number of nitrogens with two attached hydrogens (primary N) is 1. The highest BCUT2D eigenvalue weighted by atomic mass is 32.2. The highest BCUT2D eigenvalue weighted by molar-refractivity contribution is 7.89. The summed E-state index contributed by atoms with van der Waals surface area (Å²) in [5.74, 6) is 0.841. The van der Waals surface area contributed by atoms with Crippen LogP contribution in [-0.4, -0.2) is 60.5 Å². The molecule has 1 aliphatic heterocycles. The lowest BCUT2D eigenvalue weighted by molar-refractivity contribution is 0.182. The molecule has 1 saturated carbocycles. The van der Waals surface area contributed by atoms with E-state index in [-0.39, 0.29) is 11.4 Å². The lowest BCUT2D eigenvalue weighted by Crippen LogP contribution is -2.49. The van der Waals surface area contributed by atoms with Crippen molar-refractivity contribution in [2.24, 2.45) is 11.7 Å². The first-order valence-corrected chi connectivity index (χ1v) is 8.92. The van der Waals surface area contributed by atoms with E-state index in [9.17, 15) is 8.42 Å². The molecular formula is C13H23N5O2S. The van der Waals surface area contributed by atoms with E-state index in [1.54, 1.807) is 11.2 Å². The van der Waals surface area contributed by atoms with Gasteiger partial charge in [-0.3, -0.25) is 5.10 Å². The minimum absolute atomic E-state index is 0.126. The van der Waals surface area contributed by atoms with Crippen molar-refractivity contribution < 1.29 is 8.42 Å². The first kappa shape index (κ1) is 15.0. The third kappa shape index (κ3) is 2.98. The Morgan fingerprint density at radius 1 is 1.29 bits per heavy atom. The zero-order valence-corrected chi connectivity index (χ0v) is 13.2. The average molecular weight is 313 g/mol. The number of nitrogens with zero attached hydrogens (tertiary/aromatic N) is 3. The predicted octanol–water partition coefficient (Wildman–Crippen LogP) is -0.107. The molecule has 0 atom stereocenters. The van der Waals surface area contributed by atoms with Crippen LogP contribution in [0, 0.1) is 12.8 Å². The second-order valence-electron chi connectivity index (χ2n) is 5.98. The van der Waals surface area contributed by atoms with Crippen molar-refractivity contribution in [1.82, 2.24) is 19.4 Å². The van der Waals surface area contributed by atoms with Crippen LogP contribution >= 0.6 is 0 Å². The van der Waals surface area contributed by atoms with Gasteiger partial charge in [-0.25, -0.2) is 8.42 Å². The van der Waals surface area contributed by atoms with E-state index in [2.05, 4.69) is 15.1 Å². The maximum absolute atomic E-state index is 12.8. The summed E-state index contributed by atoms with van der Waals surface area (Å²) in [4.78, 5) is 2.64. The van der Waals surface area contributed by atoms with Gasteiger partial charge >= 0.3 is 0 Å². The van der Waals surface area contributed by atoms with E-state index in [1.165, 1.54) is 12.8 Å². The van der Waals surface area contributed by atoms with Gasteiger partial charge in [0.1, 0.15) is 4.90 Å². The minimum Gasteiger partial charge on any atom is -0.325 e. The maximum atomic E-state index is 12.8. The Bertz CT molecular complexity index is 600. The summed E-state index contributed by atoms with van der Waals surface area (Å²) in [6.45, 7) is 5.68. The molecule has 3 rings (SSSR count). The van der Waals surface area contributed by atoms with E-state index in [1.807, 2.05) is 0 Å². The highest BCUT2D eigenvalue weighted by Crippen LogP contribution is 2.30. The van der Waals surface area contributed by atoms with Crippen LogP contribution in [0.4, 0.5) is 0 Å². The number of nitrogens with one attached hydrogen (secondary N) is 1. The van der Waals surface area contributed by atoms with Crippen LogP contribution in [-0.2, 0) is 16.6 Å². The van der Waals surface area contributed by atoms with Gasteiger partial charge in [0.15, 0.2) is 0 Å². The van der Waals surface area contributed by atoms with Gasteiger partial charge in [0.2, 0.25) is 10.0 Å². The fourth-order valence-electron chi connectivity index (χ4n) is 2.90. The zero-order chi connectivity index (χ0) is 15.0. The van der Waals surface area contributed by atoms with Crippen molar-refractivity contribution >= 4 is 10.0 Å². The molecule has 118 valence electrons. The Labute approximate surface area is 125 Å². The second kappa shape index (κ2) is 5.68. The molecule has 1 aromatic heterocycles. The van der Waals surface area contributed by atoms with Gasteiger partial charge in [0, 0.05) is 39.3 Å². The molecule has 0 amide bonds. The Hall–Kier alpha value is -0.960. The monoisotopic (exact) mass is 313 g/mol. The zero-order valence-electron chi connectivity index (χ0n) is 12.4. The molecule has 0 unspecified atom stereocenters. The molecule has 3 N–H and O–H groups in total. The van der Waals surface area contributed by atoms with Crippen molar-refractivity contribution in [3.05, 3.63) is 11.4 Å². The minimum atomic E-state index is -3.50. The molecule has 0 bridgehead atoms. The van der Waals surface area contributed by atoms with Crippen LogP contribution in [0.15, 0.2) is 4.90 Å². The molecule has 2 fully saturated rings. The van der Waals surface area contributed by atoms with Crippen LogP contribution in [0.5, 0.6) is 0 Å². The lowest BCUT2D eigenvalue weighted by atomic mass is 10.3. The largest absolute Gasteiger partial charge is 0.325 e. The van der Waals surface area contributed by atoms with Crippen LogP contribution in [0.2, 0.25) is 0 Å². The van der Waals surface area contributed by atoms with Gasteiger partial charge in [-0.1, -0.05) is 0 Å². The molecule has 0 aromatic carbocycles. The Morgan fingerprint density at radius 2 is 1.95 bits per heavy atom. The highest BCUT2D eigenvalue weighted by Gasteiger charge is 2.34. The van der Waals surface area contributed by atoms with E-state index in [0.29, 0.717) is 24.5 Å². The summed E-state index contributed by atoms with van der Waals surface area (Å²) in [5, 5.41) is 6.72. The number of aromatic nitrogens is 2. The average Bonchev–Trinajstić information content (AvgIpc) is 3.19. The third-order valence-corrected chi connectivity index (χ3v) is 6.40. The number of aromatic amines is 1. The molecule has 21 heavy (non-hydrogen) atoms. The van der Waals surface area contributed by atoms with Gasteiger partial charge in [0.05, 0.1) is 11.4 Å². The van der Waals surface area contributed by atoms with Crippen molar-refractivity contribution in [1.29, 1.82) is 0 Å². The van der Waals surface area contributed by atoms with Gasteiger partial charge in [-0.05, 0) is 25.7 Å². The fourth-order valence-corrected chi connectivity index (χ4v) is 4.66. The molecule has 0 radical (unpaired) electrons. The smallest absolute Gasteiger partial charge is 0.246 e. The molecule has 2 heterocycles. The molecule has 1 aromatic rings. The van der Waals surface area contributed by atoms with Gasteiger partial charge in [-0.2, -0.15) is 9.40 Å². The van der Waals surface area contributed by atoms with Crippen molar-refractivity contribution in [3.63, 3.8) is 0 Å². The number of H-pyrrole nitrogens is 1. The SMILES string of the molecule is Cc1[nH]nc(CN)c1S(=O)(=O)N1CCN(CC2CC2)CC1. The normalized spacial score (nSPS) is 21.8. The molecule has 8 heteroatoms.